The van der Waals surface area contributed by atoms with Crippen LogP contribution < -0.4 is 0 Å². The van der Waals surface area contributed by atoms with Crippen molar-refractivity contribution in [2.75, 3.05) is 0 Å². The Hall–Kier alpha value is -0.780. The molecule has 0 nitrogen and oxygen atoms in total. The number of rotatable bonds is 1. The molecule has 88 valence electrons. The maximum Gasteiger partial charge on any atom is -0.00435 e. The van der Waals surface area contributed by atoms with Crippen molar-refractivity contribution in [1.29, 1.82) is 0 Å². The molecule has 0 N–H and O–H groups in total. The topological polar surface area (TPSA) is 0 Å². The van der Waals surface area contributed by atoms with Crippen LogP contribution in [0.4, 0.5) is 0 Å². The molecule has 0 amide bonds. The molecule has 16 heavy (non-hydrogen) atoms. The number of fused-ring (bicyclic) bond motifs is 2. The number of hydrogen-bond donors (Lipinski definition) is 0. The van der Waals surface area contributed by atoms with Crippen LogP contribution in [0.2, 0.25) is 0 Å². The van der Waals surface area contributed by atoms with Crippen molar-refractivity contribution in [2.24, 2.45) is 0 Å². The molecule has 1 saturated carbocycles. The molecular formula is C16H24. The van der Waals surface area contributed by atoms with E-state index in [2.05, 4.69) is 32.0 Å². The first-order valence-corrected chi connectivity index (χ1v) is 6.35. The fourth-order valence-corrected chi connectivity index (χ4v) is 3.12. The summed E-state index contributed by atoms with van der Waals surface area (Å²) in [5.41, 5.74) is 5.51. The van der Waals surface area contributed by atoms with Gasteiger partial charge in [0.15, 0.2) is 0 Å². The maximum atomic E-state index is 2.47. The molecule has 0 heterocycles. The molecule has 2 aliphatic carbocycles. The maximum absolute atomic E-state index is 2.47. The molecule has 1 fully saturated rings. The molecule has 3 rings (SSSR count). The fourth-order valence-electron chi connectivity index (χ4n) is 3.12. The Morgan fingerprint density at radius 1 is 1.12 bits per heavy atom. The van der Waals surface area contributed by atoms with Crippen LogP contribution in [-0.2, 0) is 11.8 Å². The van der Waals surface area contributed by atoms with E-state index in [4.69, 9.17) is 0 Å². The summed E-state index contributed by atoms with van der Waals surface area (Å²) in [7, 11) is 0. The smallest absolute Gasteiger partial charge is 0.00435 e. The normalized spacial score (nSPS) is 20.4. The molecule has 1 aromatic rings. The van der Waals surface area contributed by atoms with Crippen LogP contribution in [0.5, 0.6) is 0 Å². The minimum Gasteiger partial charge on any atom is -0.0776 e. The zero-order valence-corrected chi connectivity index (χ0v) is 9.84. The van der Waals surface area contributed by atoms with Crippen molar-refractivity contribution in [3.63, 3.8) is 0 Å². The van der Waals surface area contributed by atoms with E-state index >= 15 is 0 Å². The van der Waals surface area contributed by atoms with Gasteiger partial charge >= 0.3 is 0 Å². The van der Waals surface area contributed by atoms with E-state index < -0.39 is 0 Å². The highest BCUT2D eigenvalue weighted by Crippen LogP contribution is 2.55. The standard InChI is InChI=1S/C15H20.CH4/c1-11(2)12-5-6-14-13(10-12)4-3-7-15(14)8-9-15;/h5-6,10-11H,3-4,7-9H2,1-2H3;1H4. The summed E-state index contributed by atoms with van der Waals surface area (Å²) >= 11 is 0. The molecule has 0 unspecified atom stereocenters. The highest BCUT2D eigenvalue weighted by atomic mass is 14.5. The molecule has 0 aliphatic heterocycles. The summed E-state index contributed by atoms with van der Waals surface area (Å²) in [5, 5.41) is 0. The number of aryl methyl sites for hydroxylation is 1. The summed E-state index contributed by atoms with van der Waals surface area (Å²) in [6.45, 7) is 4.58. The van der Waals surface area contributed by atoms with Crippen molar-refractivity contribution in [1.82, 2.24) is 0 Å². The van der Waals surface area contributed by atoms with Gasteiger partial charge in [-0.25, -0.2) is 0 Å². The predicted molar refractivity (Wildman–Crippen MR) is 71.1 cm³/mol. The third-order valence-electron chi connectivity index (χ3n) is 4.32. The van der Waals surface area contributed by atoms with E-state index in [1.165, 1.54) is 37.7 Å². The first-order chi connectivity index (χ1) is 7.21. The summed E-state index contributed by atoms with van der Waals surface area (Å²) in [5.74, 6) is 0.673. The Balaban J connectivity index is 0.000000963. The first-order valence-electron chi connectivity index (χ1n) is 6.35. The summed E-state index contributed by atoms with van der Waals surface area (Å²) in [4.78, 5) is 0. The van der Waals surface area contributed by atoms with Crippen molar-refractivity contribution >= 4 is 0 Å². The van der Waals surface area contributed by atoms with Crippen molar-refractivity contribution in [3.8, 4) is 0 Å². The van der Waals surface area contributed by atoms with Crippen LogP contribution in [-0.4, -0.2) is 0 Å². The minimum atomic E-state index is 0. The lowest BCUT2D eigenvalue weighted by molar-refractivity contribution is 0.541. The van der Waals surface area contributed by atoms with Gasteiger partial charge in [-0.3, -0.25) is 0 Å². The largest absolute Gasteiger partial charge is 0.0776 e. The molecule has 0 saturated heterocycles. The van der Waals surface area contributed by atoms with E-state index in [9.17, 15) is 0 Å². The third-order valence-corrected chi connectivity index (χ3v) is 4.32. The molecule has 0 heteroatoms. The van der Waals surface area contributed by atoms with Crippen LogP contribution in [0.1, 0.15) is 69.6 Å². The van der Waals surface area contributed by atoms with Gasteiger partial charge < -0.3 is 0 Å². The third kappa shape index (κ3) is 1.69. The van der Waals surface area contributed by atoms with Crippen LogP contribution in [0, 0.1) is 0 Å². The molecule has 0 bridgehead atoms. The van der Waals surface area contributed by atoms with Crippen molar-refractivity contribution < 1.29 is 0 Å². The lowest BCUT2D eigenvalue weighted by atomic mass is 9.79. The minimum absolute atomic E-state index is 0. The highest BCUT2D eigenvalue weighted by Gasteiger charge is 2.46. The van der Waals surface area contributed by atoms with Crippen molar-refractivity contribution in [3.05, 3.63) is 34.9 Å². The van der Waals surface area contributed by atoms with Gasteiger partial charge in [0.05, 0.1) is 0 Å². The Morgan fingerprint density at radius 3 is 2.50 bits per heavy atom. The molecule has 1 aromatic carbocycles. The zero-order chi connectivity index (χ0) is 10.5. The van der Waals surface area contributed by atoms with Gasteiger partial charge in [0.1, 0.15) is 0 Å². The average Bonchev–Trinajstić information content (AvgIpc) is 2.98. The van der Waals surface area contributed by atoms with Gasteiger partial charge in [-0.1, -0.05) is 39.5 Å². The zero-order valence-electron chi connectivity index (χ0n) is 9.84. The second-order valence-electron chi connectivity index (χ2n) is 5.71. The van der Waals surface area contributed by atoms with Gasteiger partial charge in [0.2, 0.25) is 0 Å². The second-order valence-corrected chi connectivity index (χ2v) is 5.71. The van der Waals surface area contributed by atoms with E-state index in [0.717, 1.165) is 0 Å². The molecule has 0 radical (unpaired) electrons. The second kappa shape index (κ2) is 3.91. The number of hydrogen-bond acceptors (Lipinski definition) is 0. The van der Waals surface area contributed by atoms with Gasteiger partial charge in [-0.15, -0.1) is 0 Å². The van der Waals surface area contributed by atoms with Gasteiger partial charge in [-0.2, -0.15) is 0 Å². The number of benzene rings is 1. The quantitative estimate of drug-likeness (QED) is 0.631. The van der Waals surface area contributed by atoms with E-state index in [1.54, 1.807) is 11.1 Å². The molecule has 0 atom stereocenters. The lowest BCUT2D eigenvalue weighted by Gasteiger charge is -2.26. The van der Waals surface area contributed by atoms with Crippen LogP contribution in [0.25, 0.3) is 0 Å². The van der Waals surface area contributed by atoms with Crippen LogP contribution in [0.15, 0.2) is 18.2 Å². The molecular weight excluding hydrogens is 192 g/mol. The van der Waals surface area contributed by atoms with Gasteiger partial charge in [0, 0.05) is 0 Å². The Kier molecular flexibility index (Phi) is 2.86. The van der Waals surface area contributed by atoms with Crippen molar-refractivity contribution in [2.45, 2.75) is 64.7 Å². The molecule has 2 aliphatic rings. The Bertz CT molecular complexity index is 383. The van der Waals surface area contributed by atoms with E-state index in [-0.39, 0.29) is 7.43 Å². The molecule has 0 aromatic heterocycles. The highest BCUT2D eigenvalue weighted by molar-refractivity contribution is 5.43. The van der Waals surface area contributed by atoms with Crippen LogP contribution >= 0.6 is 0 Å². The van der Waals surface area contributed by atoms with Gasteiger partial charge in [-0.05, 0) is 60.1 Å². The summed E-state index contributed by atoms with van der Waals surface area (Å²) in [6.07, 6.45) is 7.06. The van der Waals surface area contributed by atoms with Gasteiger partial charge in [0.25, 0.3) is 0 Å². The summed E-state index contributed by atoms with van der Waals surface area (Å²) in [6, 6.07) is 7.25. The first kappa shape index (κ1) is 11.7. The predicted octanol–water partition coefficient (Wildman–Crippen LogP) is 4.81. The molecule has 1 spiro atoms. The fraction of sp³-hybridized carbons (Fsp3) is 0.625. The van der Waals surface area contributed by atoms with Crippen LogP contribution in [0.3, 0.4) is 0 Å². The Morgan fingerprint density at radius 2 is 1.88 bits per heavy atom. The monoisotopic (exact) mass is 216 g/mol. The lowest BCUT2D eigenvalue weighted by Crippen LogP contribution is -2.16. The SMILES string of the molecule is C.CC(C)c1ccc2c(c1)CCCC21CC1. The average molecular weight is 216 g/mol. The van der Waals surface area contributed by atoms with E-state index in [0.29, 0.717) is 11.3 Å². The van der Waals surface area contributed by atoms with E-state index in [1.807, 2.05) is 0 Å². The summed E-state index contributed by atoms with van der Waals surface area (Å²) < 4.78 is 0. The Labute approximate surface area is 100 Å².